The number of nitrogens with one attached hydrogen (secondary N) is 2. The molecule has 2 aliphatic rings. The lowest BCUT2D eigenvalue weighted by atomic mass is 9.95. The fourth-order valence-corrected chi connectivity index (χ4v) is 2.89. The normalized spacial score (nSPS) is 26.2. The minimum Gasteiger partial charge on any atom is -0.377 e. The highest BCUT2D eigenvalue weighted by Gasteiger charge is 2.42. The van der Waals surface area contributed by atoms with Crippen molar-refractivity contribution >= 4 is 11.8 Å². The molecule has 28 heavy (non-hydrogen) atoms. The van der Waals surface area contributed by atoms with Crippen LogP contribution in [-0.4, -0.2) is 46.4 Å². The average molecular weight is 386 g/mol. The van der Waals surface area contributed by atoms with Crippen molar-refractivity contribution in [2.45, 2.75) is 24.0 Å². The van der Waals surface area contributed by atoms with Gasteiger partial charge in [-0.25, -0.2) is 11.0 Å². The number of carbonyl (C=O) groups excluding carboxylic acids is 2. The number of aliphatic hydroxyl groups is 2. The van der Waals surface area contributed by atoms with Crippen molar-refractivity contribution in [1.82, 2.24) is 11.0 Å². The molecule has 2 fully saturated rings. The highest BCUT2D eigenvalue weighted by molar-refractivity contribution is 5.86. The first kappa shape index (κ1) is 20.0. The Morgan fingerprint density at radius 3 is 1.36 bits per heavy atom. The van der Waals surface area contributed by atoms with Gasteiger partial charge in [0.05, 0.1) is 0 Å². The van der Waals surface area contributed by atoms with E-state index in [4.69, 9.17) is 9.68 Å². The molecule has 2 heterocycles. The average Bonchev–Trinajstić information content (AvgIpc) is 3.19. The van der Waals surface area contributed by atoms with E-state index in [0.29, 0.717) is 0 Å². The van der Waals surface area contributed by atoms with Crippen molar-refractivity contribution < 1.29 is 29.5 Å². The molecule has 0 spiro atoms. The summed E-state index contributed by atoms with van der Waals surface area (Å²) in [6, 6.07) is 18.7. The summed E-state index contributed by atoms with van der Waals surface area (Å²) in [7, 11) is 0. The molecular formula is C20H22N2O6. The zero-order chi connectivity index (χ0) is 20.0. The Morgan fingerprint density at radius 1 is 0.714 bits per heavy atom. The number of carbonyl (C=O) groups is 2. The van der Waals surface area contributed by atoms with E-state index in [0.717, 1.165) is 11.1 Å². The summed E-state index contributed by atoms with van der Waals surface area (Å²) in [5, 5.41) is 19.8. The van der Waals surface area contributed by atoms with Gasteiger partial charge in [0, 0.05) is 12.8 Å². The predicted molar refractivity (Wildman–Crippen MR) is 98.4 cm³/mol. The van der Waals surface area contributed by atoms with E-state index >= 15 is 0 Å². The number of amides is 2. The highest BCUT2D eigenvalue weighted by Crippen LogP contribution is 2.18. The summed E-state index contributed by atoms with van der Waals surface area (Å²) in [5.74, 6) is -0.942. The lowest BCUT2D eigenvalue weighted by Gasteiger charge is -2.16. The molecule has 0 unspecified atom stereocenters. The first-order chi connectivity index (χ1) is 13.4. The molecule has 2 aromatic carbocycles. The maximum absolute atomic E-state index is 11.2. The van der Waals surface area contributed by atoms with E-state index in [1.807, 2.05) is 60.7 Å². The molecule has 0 aromatic heterocycles. The smallest absolute Gasteiger partial charge is 0.278 e. The van der Waals surface area contributed by atoms with E-state index in [-0.39, 0.29) is 26.1 Å². The molecular weight excluding hydrogens is 364 g/mol. The third kappa shape index (κ3) is 4.73. The van der Waals surface area contributed by atoms with Crippen molar-refractivity contribution in [2.24, 2.45) is 0 Å². The van der Waals surface area contributed by atoms with Crippen molar-refractivity contribution in [3.8, 4) is 0 Å². The first-order valence-corrected chi connectivity index (χ1v) is 8.78. The molecule has 0 radical (unpaired) electrons. The second-order valence-corrected chi connectivity index (χ2v) is 6.83. The molecule has 2 aliphatic heterocycles. The van der Waals surface area contributed by atoms with Crippen molar-refractivity contribution in [3.05, 3.63) is 71.8 Å². The zero-order valence-corrected chi connectivity index (χ0v) is 15.1. The standard InChI is InChI=1S/2C10H11NO3/c2*12-9-10(13,7-14-11-9)6-8-4-2-1-3-5-8/h2*1-5,13H,6-7H2,(H,11,12)/t2*10-/m00/s1. The fourth-order valence-electron chi connectivity index (χ4n) is 2.89. The Bertz CT molecular complexity index is 746. The molecule has 2 aromatic rings. The SMILES string of the molecule is O=C1NOC[C@@]1(O)Cc1ccccc1.O=C1NOC[C@@]1(O)Cc1ccccc1. The Labute approximate surface area is 162 Å². The third-order valence-corrected chi connectivity index (χ3v) is 4.48. The topological polar surface area (TPSA) is 117 Å². The third-order valence-electron chi connectivity index (χ3n) is 4.48. The quantitative estimate of drug-likeness (QED) is 0.590. The van der Waals surface area contributed by atoms with Crippen LogP contribution >= 0.6 is 0 Å². The Hall–Kier alpha value is -2.78. The summed E-state index contributed by atoms with van der Waals surface area (Å²) in [4.78, 5) is 31.8. The van der Waals surface area contributed by atoms with Gasteiger partial charge in [0.15, 0.2) is 11.2 Å². The van der Waals surface area contributed by atoms with Gasteiger partial charge >= 0.3 is 0 Å². The van der Waals surface area contributed by atoms with Crippen LogP contribution < -0.4 is 11.0 Å². The second-order valence-electron chi connectivity index (χ2n) is 6.83. The number of rotatable bonds is 4. The molecule has 4 N–H and O–H groups in total. The van der Waals surface area contributed by atoms with Crippen LogP contribution in [0.5, 0.6) is 0 Å². The molecule has 8 nitrogen and oxygen atoms in total. The van der Waals surface area contributed by atoms with Crippen LogP contribution in [0.25, 0.3) is 0 Å². The van der Waals surface area contributed by atoms with Crippen molar-refractivity contribution in [3.63, 3.8) is 0 Å². The summed E-state index contributed by atoms with van der Waals surface area (Å²) < 4.78 is 0. The molecule has 2 amide bonds. The van der Waals surface area contributed by atoms with E-state index in [9.17, 15) is 19.8 Å². The van der Waals surface area contributed by atoms with Gasteiger partial charge in [-0.3, -0.25) is 19.3 Å². The van der Waals surface area contributed by atoms with Crippen LogP contribution in [0, 0.1) is 0 Å². The monoisotopic (exact) mass is 386 g/mol. The van der Waals surface area contributed by atoms with E-state index < -0.39 is 23.0 Å². The van der Waals surface area contributed by atoms with Crippen LogP contribution in [0.2, 0.25) is 0 Å². The molecule has 8 heteroatoms. The van der Waals surface area contributed by atoms with Crippen LogP contribution in [0.1, 0.15) is 11.1 Å². The lowest BCUT2D eigenvalue weighted by molar-refractivity contribution is -0.135. The molecule has 2 saturated heterocycles. The summed E-state index contributed by atoms with van der Waals surface area (Å²) in [6.45, 7) is 0.00144. The van der Waals surface area contributed by atoms with Gasteiger partial charge in [0.25, 0.3) is 11.8 Å². The van der Waals surface area contributed by atoms with Gasteiger partial charge in [-0.05, 0) is 11.1 Å². The largest absolute Gasteiger partial charge is 0.377 e. The maximum Gasteiger partial charge on any atom is 0.278 e. The second kappa shape index (κ2) is 8.49. The Morgan fingerprint density at radius 2 is 1.07 bits per heavy atom. The van der Waals surface area contributed by atoms with Crippen molar-refractivity contribution in [2.75, 3.05) is 13.2 Å². The molecule has 2 atom stereocenters. The van der Waals surface area contributed by atoms with Crippen LogP contribution in [0.3, 0.4) is 0 Å². The maximum atomic E-state index is 11.2. The summed E-state index contributed by atoms with van der Waals surface area (Å²) in [5.41, 5.74) is 3.28. The fraction of sp³-hybridized carbons (Fsp3) is 0.300. The van der Waals surface area contributed by atoms with Gasteiger partial charge in [-0.15, -0.1) is 0 Å². The minimum atomic E-state index is -1.42. The summed E-state index contributed by atoms with van der Waals surface area (Å²) >= 11 is 0. The molecule has 0 bridgehead atoms. The Kier molecular flexibility index (Phi) is 6.05. The van der Waals surface area contributed by atoms with Crippen LogP contribution in [0.15, 0.2) is 60.7 Å². The lowest BCUT2D eigenvalue weighted by Crippen LogP contribution is -2.42. The number of hydrogen-bond acceptors (Lipinski definition) is 6. The van der Waals surface area contributed by atoms with Gasteiger partial charge in [0.1, 0.15) is 13.2 Å². The van der Waals surface area contributed by atoms with Crippen LogP contribution in [0.4, 0.5) is 0 Å². The number of hydrogen-bond donors (Lipinski definition) is 4. The first-order valence-electron chi connectivity index (χ1n) is 8.78. The minimum absolute atomic E-state index is 0.000722. The number of benzene rings is 2. The molecule has 4 rings (SSSR count). The molecule has 0 aliphatic carbocycles. The Balaban J connectivity index is 0.000000161. The molecule has 148 valence electrons. The summed E-state index contributed by atoms with van der Waals surface area (Å²) in [6.07, 6.45) is 0.555. The van der Waals surface area contributed by atoms with Gasteiger partial charge < -0.3 is 10.2 Å². The number of hydroxylamine groups is 2. The predicted octanol–water partition coefficient (Wildman–Crippen LogP) is 0.0432. The van der Waals surface area contributed by atoms with E-state index in [2.05, 4.69) is 11.0 Å². The highest BCUT2D eigenvalue weighted by atomic mass is 16.7. The van der Waals surface area contributed by atoms with Crippen molar-refractivity contribution in [1.29, 1.82) is 0 Å². The van der Waals surface area contributed by atoms with Gasteiger partial charge in [-0.2, -0.15) is 0 Å². The van der Waals surface area contributed by atoms with Gasteiger partial charge in [-0.1, -0.05) is 60.7 Å². The van der Waals surface area contributed by atoms with E-state index in [1.165, 1.54) is 0 Å². The zero-order valence-electron chi connectivity index (χ0n) is 15.1. The van der Waals surface area contributed by atoms with Crippen LogP contribution in [-0.2, 0) is 32.1 Å². The molecule has 0 saturated carbocycles. The van der Waals surface area contributed by atoms with Gasteiger partial charge in [0.2, 0.25) is 0 Å². The van der Waals surface area contributed by atoms with E-state index in [1.54, 1.807) is 0 Å².